The number of hydrogen-bond acceptors (Lipinski definition) is 4. The molecule has 1 N–H and O–H groups in total. The summed E-state index contributed by atoms with van der Waals surface area (Å²) in [4.78, 5) is 23.6. The smallest absolute Gasteiger partial charge is 0.251 e. The lowest BCUT2D eigenvalue weighted by Crippen LogP contribution is -2.30. The molecule has 0 saturated carbocycles. The maximum absolute atomic E-state index is 14.9. The summed E-state index contributed by atoms with van der Waals surface area (Å²) in [6, 6.07) is 34.1. The minimum Gasteiger partial charge on any atom is -0.371 e. The van der Waals surface area contributed by atoms with E-state index >= 15 is 0 Å². The Bertz CT molecular complexity index is 2470. The van der Waals surface area contributed by atoms with Gasteiger partial charge in [-0.15, -0.1) is 0 Å². The zero-order valence-electron chi connectivity index (χ0n) is 30.7. The van der Waals surface area contributed by atoms with Crippen molar-refractivity contribution in [2.75, 3.05) is 36.0 Å². The summed E-state index contributed by atoms with van der Waals surface area (Å²) in [5.41, 5.74) is 5.22. The van der Waals surface area contributed by atoms with Crippen LogP contribution in [0.25, 0.3) is 53.5 Å². The maximum atomic E-state index is 14.9. The number of allylic oxidation sites excluding steroid dienone is 2. The Labute approximate surface area is 307 Å². The van der Waals surface area contributed by atoms with E-state index in [1.54, 1.807) is 0 Å². The number of fused-ring (bicyclic) bond motifs is 4. The molecule has 1 atom stereocenters. The molecular formula is C47H46N4O. The Morgan fingerprint density at radius 2 is 1.10 bits per heavy atom. The number of nitrogens with zero attached hydrogens (tertiary/aromatic N) is 3. The highest BCUT2D eigenvalue weighted by molar-refractivity contribution is 6.37. The summed E-state index contributed by atoms with van der Waals surface area (Å²) in [5, 5.41) is 17.0. The normalized spacial score (nSPS) is 14.1. The van der Waals surface area contributed by atoms with Crippen molar-refractivity contribution in [3.63, 3.8) is 0 Å². The van der Waals surface area contributed by atoms with E-state index < -0.39 is 5.92 Å². The van der Waals surface area contributed by atoms with Crippen LogP contribution in [0.4, 0.5) is 11.4 Å². The third-order valence-corrected chi connectivity index (χ3v) is 10.5. The Balaban J connectivity index is 1.50. The first-order chi connectivity index (χ1) is 25.5. The fraction of sp³-hybridized carbons (Fsp3) is 0.277. The van der Waals surface area contributed by atoms with Gasteiger partial charge in [0, 0.05) is 53.9 Å². The van der Waals surface area contributed by atoms with Gasteiger partial charge in [-0.05, 0) is 117 Å². The Hall–Kier alpha value is -5.69. The molecule has 0 amide bonds. The molecule has 5 nitrogen and oxygen atoms in total. The number of nitrogens with one attached hydrogen (secondary N) is 1. The number of anilines is 2. The van der Waals surface area contributed by atoms with Gasteiger partial charge in [0.25, 0.3) is 5.70 Å². The summed E-state index contributed by atoms with van der Waals surface area (Å²) >= 11 is 0. The van der Waals surface area contributed by atoms with E-state index in [9.17, 15) is 4.79 Å². The van der Waals surface area contributed by atoms with Crippen molar-refractivity contribution >= 4 is 71.7 Å². The molecule has 6 aromatic rings. The molecule has 1 unspecified atom stereocenters. The summed E-state index contributed by atoms with van der Waals surface area (Å²) in [7, 11) is 0. The molecule has 0 radical (unpaired) electrons. The quantitative estimate of drug-likeness (QED) is 0.0749. The summed E-state index contributed by atoms with van der Waals surface area (Å²) in [6.45, 7) is 20.7. The molecule has 260 valence electrons. The SMILES string of the molecule is [C-]#[N+]C(=C=N)C1=C(c2ccc(N(CCC)CCC)c3cc4ccccc4cc23)C(=O)C1c1ccc(N(CCC)CCC)c2cc3ccccc3cc12. The standard InChI is InChI=1S/C47H46N4O/c1-6-22-50(23-7-2)42-20-18-35(37-26-31-14-10-12-16-33(31)28-39(37)42)44-46(41(30-48)49-5)45(47(44)52)36-19-21-43(51(24-8-3)25-9-4)40-29-34-17-13-11-15-32(34)27-38(36)40/h10-21,26-29,44,48H,6-9,22-25H2,1-4H3. The van der Waals surface area contributed by atoms with Crippen molar-refractivity contribution in [3.05, 3.63) is 131 Å². The van der Waals surface area contributed by atoms with Crippen molar-refractivity contribution in [1.82, 2.24) is 0 Å². The average molecular weight is 683 g/mol. The third-order valence-electron chi connectivity index (χ3n) is 10.5. The van der Waals surface area contributed by atoms with Crippen LogP contribution in [0.15, 0.2) is 108 Å². The predicted octanol–water partition coefficient (Wildman–Crippen LogP) is 11.7. The Kier molecular flexibility index (Phi) is 9.95. The van der Waals surface area contributed by atoms with Crippen LogP contribution >= 0.6 is 0 Å². The number of benzene rings is 6. The van der Waals surface area contributed by atoms with Crippen LogP contribution in [-0.4, -0.2) is 37.8 Å². The van der Waals surface area contributed by atoms with E-state index in [0.717, 1.165) is 117 Å². The van der Waals surface area contributed by atoms with Crippen LogP contribution in [0.2, 0.25) is 0 Å². The van der Waals surface area contributed by atoms with Crippen LogP contribution in [0.5, 0.6) is 0 Å². The molecular weight excluding hydrogens is 637 g/mol. The Morgan fingerprint density at radius 3 is 1.56 bits per heavy atom. The van der Waals surface area contributed by atoms with Gasteiger partial charge in [0.1, 0.15) is 0 Å². The molecule has 1 aliphatic rings. The summed E-state index contributed by atoms with van der Waals surface area (Å²) < 4.78 is 0. The van der Waals surface area contributed by atoms with Crippen molar-refractivity contribution in [1.29, 1.82) is 5.41 Å². The molecule has 1 aliphatic carbocycles. The van der Waals surface area contributed by atoms with Gasteiger partial charge in [0.05, 0.1) is 12.5 Å². The molecule has 52 heavy (non-hydrogen) atoms. The lowest BCUT2D eigenvalue weighted by atomic mass is 9.67. The second-order valence-corrected chi connectivity index (χ2v) is 13.9. The number of rotatable bonds is 13. The fourth-order valence-corrected chi connectivity index (χ4v) is 8.32. The maximum Gasteiger partial charge on any atom is 0.251 e. The van der Waals surface area contributed by atoms with E-state index in [0.29, 0.717) is 11.1 Å². The van der Waals surface area contributed by atoms with Gasteiger partial charge in [-0.2, -0.15) is 0 Å². The molecule has 0 aromatic heterocycles. The van der Waals surface area contributed by atoms with Crippen LogP contribution in [0, 0.1) is 12.0 Å². The van der Waals surface area contributed by atoms with Gasteiger partial charge in [0.15, 0.2) is 5.78 Å². The van der Waals surface area contributed by atoms with Crippen LogP contribution in [0.1, 0.15) is 70.4 Å². The highest BCUT2D eigenvalue weighted by atomic mass is 16.1. The van der Waals surface area contributed by atoms with Gasteiger partial charge < -0.3 is 9.80 Å². The van der Waals surface area contributed by atoms with E-state index in [2.05, 4.69) is 133 Å². The molecule has 0 saturated heterocycles. The second kappa shape index (κ2) is 14.9. The van der Waals surface area contributed by atoms with Crippen molar-refractivity contribution in [2.45, 2.75) is 59.3 Å². The fourth-order valence-electron chi connectivity index (χ4n) is 8.32. The minimum absolute atomic E-state index is 0.0197. The zero-order chi connectivity index (χ0) is 36.4. The summed E-state index contributed by atoms with van der Waals surface area (Å²) in [6.07, 6.45) is 4.12. The molecule has 0 bridgehead atoms. The number of ketones is 1. The van der Waals surface area contributed by atoms with E-state index in [1.807, 2.05) is 12.1 Å². The average Bonchev–Trinajstić information content (AvgIpc) is 3.16. The third kappa shape index (κ3) is 5.94. The molecule has 0 heterocycles. The number of Topliss-reactive ketones (excluding diaryl/α,β-unsaturated/α-hetero) is 1. The zero-order valence-corrected chi connectivity index (χ0v) is 30.7. The second-order valence-electron chi connectivity index (χ2n) is 13.9. The largest absolute Gasteiger partial charge is 0.371 e. The number of carbonyl (C=O) groups is 1. The first-order valence-electron chi connectivity index (χ1n) is 18.8. The first kappa shape index (κ1) is 34.7. The van der Waals surface area contributed by atoms with Gasteiger partial charge in [-0.1, -0.05) is 88.4 Å². The van der Waals surface area contributed by atoms with E-state index in [4.69, 9.17) is 12.0 Å². The lowest BCUT2D eigenvalue weighted by Gasteiger charge is -2.35. The molecule has 7 rings (SSSR count). The monoisotopic (exact) mass is 682 g/mol. The first-order valence-corrected chi connectivity index (χ1v) is 18.8. The number of hydrogen-bond donors (Lipinski definition) is 1. The molecule has 6 aromatic carbocycles. The molecule has 0 aliphatic heterocycles. The topological polar surface area (TPSA) is 51.8 Å². The van der Waals surface area contributed by atoms with E-state index in [-0.39, 0.29) is 11.5 Å². The predicted molar refractivity (Wildman–Crippen MR) is 221 cm³/mol. The summed E-state index contributed by atoms with van der Waals surface area (Å²) in [5.74, 6) is 1.75. The van der Waals surface area contributed by atoms with Crippen molar-refractivity contribution in [2.24, 2.45) is 0 Å². The van der Waals surface area contributed by atoms with Crippen LogP contribution in [-0.2, 0) is 4.79 Å². The molecule has 5 heteroatoms. The lowest BCUT2D eigenvalue weighted by molar-refractivity contribution is -0.115. The highest BCUT2D eigenvalue weighted by Gasteiger charge is 2.44. The van der Waals surface area contributed by atoms with Crippen LogP contribution < -0.4 is 9.80 Å². The number of carbonyl (C=O) groups excluding carboxylic acids is 1. The van der Waals surface area contributed by atoms with Gasteiger partial charge in [-0.25, -0.2) is 4.85 Å². The van der Waals surface area contributed by atoms with Gasteiger partial charge >= 0.3 is 0 Å². The molecule has 0 spiro atoms. The van der Waals surface area contributed by atoms with E-state index in [1.165, 1.54) is 0 Å². The van der Waals surface area contributed by atoms with Crippen LogP contribution in [0.3, 0.4) is 0 Å². The van der Waals surface area contributed by atoms with Crippen molar-refractivity contribution < 1.29 is 4.79 Å². The highest BCUT2D eigenvalue weighted by Crippen LogP contribution is 2.52. The van der Waals surface area contributed by atoms with Gasteiger partial charge in [-0.3, -0.25) is 10.2 Å². The molecule has 0 fully saturated rings. The van der Waals surface area contributed by atoms with Gasteiger partial charge in [0.2, 0.25) is 0 Å². The Morgan fingerprint density at radius 1 is 0.654 bits per heavy atom. The minimum atomic E-state index is -0.674. The van der Waals surface area contributed by atoms with Crippen molar-refractivity contribution in [3.8, 4) is 0 Å².